The zero-order chi connectivity index (χ0) is 22.7. The highest BCUT2D eigenvalue weighted by molar-refractivity contribution is 5.59. The van der Waals surface area contributed by atoms with E-state index in [1.165, 1.54) is 17.0 Å². The van der Waals surface area contributed by atoms with Gasteiger partial charge in [0.1, 0.15) is 18.1 Å². The van der Waals surface area contributed by atoms with Crippen molar-refractivity contribution in [2.24, 2.45) is 0 Å². The summed E-state index contributed by atoms with van der Waals surface area (Å²) in [7, 11) is 0. The number of aromatic nitrogens is 4. The number of hydrogen-bond donors (Lipinski definition) is 2. The van der Waals surface area contributed by atoms with E-state index in [-0.39, 0.29) is 11.9 Å². The number of nitrogens with zero attached hydrogens (tertiary/aromatic N) is 4. The topological polar surface area (TPSA) is 117 Å². The van der Waals surface area contributed by atoms with Gasteiger partial charge in [-0.1, -0.05) is 60.7 Å². The van der Waals surface area contributed by atoms with Crippen molar-refractivity contribution < 1.29 is 19.3 Å². The van der Waals surface area contributed by atoms with Crippen LogP contribution in [0, 0.1) is 0 Å². The molecular formula is C24H25N5O4. The van der Waals surface area contributed by atoms with Crippen LogP contribution in [-0.2, 0) is 33.2 Å². The Kier molecular flexibility index (Phi) is 6.01. The lowest BCUT2D eigenvalue weighted by molar-refractivity contribution is -0.254. The van der Waals surface area contributed by atoms with Gasteiger partial charge in [0.2, 0.25) is 5.79 Å². The second-order valence-electron chi connectivity index (χ2n) is 7.98. The Bertz CT molecular complexity index is 1200. The van der Waals surface area contributed by atoms with Crippen LogP contribution in [0.4, 0.5) is 5.82 Å². The fourth-order valence-corrected chi connectivity index (χ4v) is 4.02. The minimum atomic E-state index is -1.78. The lowest BCUT2D eigenvalue weighted by Crippen LogP contribution is -2.39. The van der Waals surface area contributed by atoms with E-state index < -0.39 is 11.9 Å². The highest BCUT2D eigenvalue weighted by atomic mass is 16.7. The van der Waals surface area contributed by atoms with Crippen LogP contribution in [0.3, 0.4) is 0 Å². The van der Waals surface area contributed by atoms with Crippen LogP contribution in [0.1, 0.15) is 23.2 Å². The highest BCUT2D eigenvalue weighted by Gasteiger charge is 2.52. The zero-order valence-electron chi connectivity index (χ0n) is 17.9. The fraction of sp³-hybridized carbons (Fsp3) is 0.292. The van der Waals surface area contributed by atoms with E-state index in [4.69, 9.17) is 19.9 Å². The molecule has 0 bridgehead atoms. The van der Waals surface area contributed by atoms with Crippen LogP contribution < -0.4 is 5.73 Å². The van der Waals surface area contributed by atoms with Gasteiger partial charge in [-0.3, -0.25) is 0 Å². The van der Waals surface area contributed by atoms with Gasteiger partial charge in [-0.2, -0.15) is 5.10 Å². The number of rotatable bonds is 8. The molecule has 3 heterocycles. The number of nitrogens with two attached hydrogens (primary N) is 1. The number of nitrogen functional groups attached to an aromatic ring is 1. The number of hydrogen-bond acceptors (Lipinski definition) is 8. The summed E-state index contributed by atoms with van der Waals surface area (Å²) >= 11 is 0. The first-order valence-corrected chi connectivity index (χ1v) is 10.8. The van der Waals surface area contributed by atoms with Crippen LogP contribution in [0.15, 0.2) is 73.2 Å². The first-order chi connectivity index (χ1) is 16.1. The maximum atomic E-state index is 11.7. The number of fused-ring (bicyclic) bond motifs is 1. The van der Waals surface area contributed by atoms with Gasteiger partial charge in [0.25, 0.3) is 0 Å². The fourth-order valence-electron chi connectivity index (χ4n) is 4.02. The van der Waals surface area contributed by atoms with Crippen LogP contribution in [0.5, 0.6) is 0 Å². The Morgan fingerprint density at radius 1 is 1.03 bits per heavy atom. The minimum absolute atomic E-state index is 0.211. The third-order valence-electron chi connectivity index (χ3n) is 5.67. The number of ether oxygens (including phenoxy) is 3. The van der Waals surface area contributed by atoms with E-state index in [0.717, 1.165) is 11.1 Å². The number of benzene rings is 2. The SMILES string of the molecule is Nc1ncnn2c(C3(O)O[C@H](COCc4ccccc4)C[C@H]3OCc3ccccc3)cnc12. The van der Waals surface area contributed by atoms with Crippen molar-refractivity contribution >= 4 is 11.5 Å². The third-order valence-corrected chi connectivity index (χ3v) is 5.67. The van der Waals surface area contributed by atoms with Gasteiger partial charge in [0.15, 0.2) is 11.5 Å². The van der Waals surface area contributed by atoms with Crippen LogP contribution >= 0.6 is 0 Å². The molecule has 9 heteroatoms. The maximum Gasteiger partial charge on any atom is 0.239 e. The molecule has 0 aliphatic carbocycles. The molecule has 3 atom stereocenters. The van der Waals surface area contributed by atoms with Crippen molar-refractivity contribution in [2.75, 3.05) is 12.3 Å². The van der Waals surface area contributed by atoms with Crippen LogP contribution in [0.25, 0.3) is 5.65 Å². The molecule has 2 aromatic heterocycles. The maximum absolute atomic E-state index is 11.7. The average molecular weight is 447 g/mol. The van der Waals surface area contributed by atoms with Gasteiger partial charge >= 0.3 is 0 Å². The van der Waals surface area contributed by atoms with Crippen LogP contribution in [0.2, 0.25) is 0 Å². The molecule has 0 amide bonds. The van der Waals surface area contributed by atoms with Crippen molar-refractivity contribution in [3.05, 3.63) is 90.0 Å². The molecule has 1 saturated heterocycles. The zero-order valence-corrected chi connectivity index (χ0v) is 17.9. The monoisotopic (exact) mass is 447 g/mol. The molecule has 170 valence electrons. The Labute approximate surface area is 190 Å². The smallest absolute Gasteiger partial charge is 0.239 e. The summed E-state index contributed by atoms with van der Waals surface area (Å²) in [5.74, 6) is -1.57. The predicted molar refractivity (Wildman–Crippen MR) is 120 cm³/mol. The molecule has 1 aliphatic heterocycles. The molecule has 1 fully saturated rings. The van der Waals surface area contributed by atoms with Crippen molar-refractivity contribution in [2.45, 2.75) is 37.6 Å². The largest absolute Gasteiger partial charge is 0.381 e. The molecule has 1 aliphatic rings. The van der Waals surface area contributed by atoms with Gasteiger partial charge < -0.3 is 25.1 Å². The number of aliphatic hydroxyl groups is 1. The molecule has 9 nitrogen and oxygen atoms in total. The summed E-state index contributed by atoms with van der Waals surface area (Å²) in [4.78, 5) is 8.23. The normalized spacial score (nSPS) is 22.7. The molecule has 33 heavy (non-hydrogen) atoms. The Morgan fingerprint density at radius 2 is 1.73 bits per heavy atom. The van der Waals surface area contributed by atoms with Gasteiger partial charge in [-0.15, -0.1) is 0 Å². The summed E-state index contributed by atoms with van der Waals surface area (Å²) in [6, 6.07) is 19.7. The number of imidazole rings is 1. The van der Waals surface area contributed by atoms with Crippen molar-refractivity contribution in [3.63, 3.8) is 0 Å². The third kappa shape index (κ3) is 4.44. The van der Waals surface area contributed by atoms with E-state index in [9.17, 15) is 5.11 Å². The predicted octanol–water partition coefficient (Wildman–Crippen LogP) is 2.44. The molecule has 0 spiro atoms. The van der Waals surface area contributed by atoms with E-state index in [1.54, 1.807) is 0 Å². The average Bonchev–Trinajstić information content (AvgIpc) is 3.42. The summed E-state index contributed by atoms with van der Waals surface area (Å²) in [6.07, 6.45) is 2.19. The first-order valence-electron chi connectivity index (χ1n) is 10.8. The van der Waals surface area contributed by atoms with E-state index in [0.29, 0.717) is 37.6 Å². The molecule has 1 unspecified atom stereocenters. The molecular weight excluding hydrogens is 422 g/mol. The molecule has 0 saturated carbocycles. The van der Waals surface area contributed by atoms with Crippen molar-refractivity contribution in [3.8, 4) is 0 Å². The van der Waals surface area contributed by atoms with Gasteiger partial charge in [0, 0.05) is 6.42 Å². The van der Waals surface area contributed by atoms with Crippen molar-refractivity contribution in [1.82, 2.24) is 19.6 Å². The summed E-state index contributed by atoms with van der Waals surface area (Å²) in [5.41, 5.74) is 8.65. The summed E-state index contributed by atoms with van der Waals surface area (Å²) in [5, 5.41) is 15.9. The minimum Gasteiger partial charge on any atom is -0.381 e. The first kappa shape index (κ1) is 21.5. The van der Waals surface area contributed by atoms with Gasteiger partial charge in [-0.05, 0) is 11.1 Å². The van der Waals surface area contributed by atoms with Gasteiger partial charge in [-0.25, -0.2) is 14.5 Å². The Balaban J connectivity index is 1.36. The van der Waals surface area contributed by atoms with Crippen molar-refractivity contribution in [1.29, 1.82) is 0 Å². The summed E-state index contributed by atoms with van der Waals surface area (Å²) in [6.45, 7) is 1.08. The van der Waals surface area contributed by atoms with E-state index in [1.807, 2.05) is 60.7 Å². The lowest BCUT2D eigenvalue weighted by atomic mass is 10.1. The Morgan fingerprint density at radius 3 is 2.45 bits per heavy atom. The number of anilines is 1. The molecule has 0 radical (unpaired) electrons. The van der Waals surface area contributed by atoms with Crippen LogP contribution in [-0.4, -0.2) is 43.5 Å². The second-order valence-corrected chi connectivity index (χ2v) is 7.98. The Hall–Kier alpha value is -3.37. The molecule has 3 N–H and O–H groups in total. The summed E-state index contributed by atoms with van der Waals surface area (Å²) < 4.78 is 19.6. The molecule has 2 aromatic carbocycles. The van der Waals surface area contributed by atoms with E-state index >= 15 is 0 Å². The molecule has 5 rings (SSSR count). The van der Waals surface area contributed by atoms with E-state index in [2.05, 4.69) is 15.1 Å². The molecule has 4 aromatic rings. The van der Waals surface area contributed by atoms with Gasteiger partial charge in [0.05, 0.1) is 32.1 Å². The quantitative estimate of drug-likeness (QED) is 0.423. The lowest BCUT2D eigenvalue weighted by Gasteiger charge is -2.28. The highest BCUT2D eigenvalue weighted by Crippen LogP contribution is 2.40. The standard InChI is InChI=1S/C24H25N5O4/c25-22-23-26-12-20(29(23)28-16-27-22)24(30)21(32-14-18-9-5-2-6-10-18)11-19(33-24)15-31-13-17-7-3-1-4-8-17/h1-10,12,16,19,21,30H,11,13-15H2,(H2,25,27,28)/t19-,21+,24?/m0/s1. The second kappa shape index (κ2) is 9.24.